The smallest absolute Gasteiger partial charge is 0.326 e. The van der Waals surface area contributed by atoms with Crippen LogP contribution < -0.4 is 10.1 Å². The molecule has 2 aromatic carbocycles. The van der Waals surface area contributed by atoms with Gasteiger partial charge in [0.05, 0.1) is 6.61 Å². The van der Waals surface area contributed by atoms with Gasteiger partial charge >= 0.3 is 5.97 Å². The van der Waals surface area contributed by atoms with Crippen LogP contribution in [0.15, 0.2) is 48.5 Å². The Morgan fingerprint density at radius 1 is 1.12 bits per heavy atom. The number of carbonyl (C=O) groups excluding carboxylic acids is 1. The van der Waals surface area contributed by atoms with E-state index >= 15 is 0 Å². The molecule has 0 aromatic heterocycles. The maximum Gasteiger partial charge on any atom is 0.326 e. The van der Waals surface area contributed by atoms with Crippen molar-refractivity contribution in [1.29, 1.82) is 0 Å². The van der Waals surface area contributed by atoms with E-state index in [9.17, 15) is 14.7 Å². The molecule has 1 unspecified atom stereocenters. The third-order valence-electron chi connectivity index (χ3n) is 3.80. The molecule has 0 spiro atoms. The van der Waals surface area contributed by atoms with E-state index in [1.165, 1.54) is 0 Å². The van der Waals surface area contributed by atoms with E-state index in [1.54, 1.807) is 18.2 Å². The minimum atomic E-state index is -1.02. The lowest BCUT2D eigenvalue weighted by Crippen LogP contribution is -2.40. The van der Waals surface area contributed by atoms with Crippen molar-refractivity contribution >= 4 is 11.9 Å². The maximum atomic E-state index is 12.4. The molecule has 25 heavy (non-hydrogen) atoms. The summed E-state index contributed by atoms with van der Waals surface area (Å²) in [6.45, 7) is 4.35. The molecule has 2 N–H and O–H groups in total. The number of nitrogens with one attached hydrogen (secondary N) is 1. The van der Waals surface area contributed by atoms with Gasteiger partial charge in [0.25, 0.3) is 5.91 Å². The van der Waals surface area contributed by atoms with Crippen LogP contribution in [0.2, 0.25) is 0 Å². The fourth-order valence-corrected chi connectivity index (χ4v) is 2.60. The van der Waals surface area contributed by atoms with E-state index in [-0.39, 0.29) is 0 Å². The number of rotatable bonds is 8. The van der Waals surface area contributed by atoms with Crippen LogP contribution in [-0.2, 0) is 4.79 Å². The zero-order chi connectivity index (χ0) is 18.2. The van der Waals surface area contributed by atoms with E-state index < -0.39 is 17.9 Å². The molecule has 132 valence electrons. The number of carboxylic acids is 1. The van der Waals surface area contributed by atoms with Gasteiger partial charge in [0.15, 0.2) is 0 Å². The highest BCUT2D eigenvalue weighted by atomic mass is 16.5. The zero-order valence-corrected chi connectivity index (χ0v) is 14.5. The van der Waals surface area contributed by atoms with Crippen molar-refractivity contribution < 1.29 is 19.4 Å². The van der Waals surface area contributed by atoms with Crippen LogP contribution in [0.4, 0.5) is 0 Å². The largest absolute Gasteiger partial charge is 0.493 e. The Morgan fingerprint density at radius 2 is 1.88 bits per heavy atom. The molecule has 0 bridgehead atoms. The highest BCUT2D eigenvalue weighted by Crippen LogP contribution is 2.30. The molecule has 0 aliphatic rings. The fraction of sp³-hybridized carbons (Fsp3) is 0.300. The van der Waals surface area contributed by atoms with Gasteiger partial charge in [-0.2, -0.15) is 0 Å². The molecule has 0 aliphatic heterocycles. The van der Waals surface area contributed by atoms with Crippen molar-refractivity contribution in [2.24, 2.45) is 0 Å². The third-order valence-corrected chi connectivity index (χ3v) is 3.80. The number of benzene rings is 2. The van der Waals surface area contributed by atoms with Crippen LogP contribution in [0, 0.1) is 0 Å². The van der Waals surface area contributed by atoms with Gasteiger partial charge in [-0.1, -0.05) is 43.7 Å². The second-order valence-electron chi connectivity index (χ2n) is 5.66. The van der Waals surface area contributed by atoms with Crippen LogP contribution in [0.1, 0.15) is 37.0 Å². The van der Waals surface area contributed by atoms with E-state index in [0.717, 1.165) is 16.9 Å². The van der Waals surface area contributed by atoms with Crippen LogP contribution in [0.25, 0.3) is 11.1 Å². The Bertz CT molecular complexity index is 742. The molecule has 0 heterocycles. The van der Waals surface area contributed by atoms with Crippen molar-refractivity contribution in [3.63, 3.8) is 0 Å². The van der Waals surface area contributed by atoms with Gasteiger partial charge in [0, 0.05) is 11.1 Å². The summed E-state index contributed by atoms with van der Waals surface area (Å²) in [6, 6.07) is 13.8. The monoisotopic (exact) mass is 341 g/mol. The lowest BCUT2D eigenvalue weighted by atomic mass is 10.0. The van der Waals surface area contributed by atoms with Crippen LogP contribution in [0.3, 0.4) is 0 Å². The molecule has 1 atom stereocenters. The lowest BCUT2D eigenvalue weighted by molar-refractivity contribution is -0.139. The second kappa shape index (κ2) is 8.87. The van der Waals surface area contributed by atoms with E-state index in [2.05, 4.69) is 5.32 Å². The van der Waals surface area contributed by atoms with E-state index in [1.807, 2.05) is 44.2 Å². The quantitative estimate of drug-likeness (QED) is 0.767. The third kappa shape index (κ3) is 4.83. The van der Waals surface area contributed by atoms with Gasteiger partial charge < -0.3 is 15.2 Å². The Morgan fingerprint density at radius 3 is 2.56 bits per heavy atom. The van der Waals surface area contributed by atoms with Gasteiger partial charge in [-0.15, -0.1) is 0 Å². The first-order valence-electron chi connectivity index (χ1n) is 8.42. The normalized spacial score (nSPS) is 11.6. The predicted molar refractivity (Wildman–Crippen MR) is 96.8 cm³/mol. The van der Waals surface area contributed by atoms with Gasteiger partial charge in [0.2, 0.25) is 0 Å². The van der Waals surface area contributed by atoms with Gasteiger partial charge in [-0.25, -0.2) is 4.79 Å². The number of hydrogen-bond acceptors (Lipinski definition) is 3. The minimum absolute atomic E-state index is 0.392. The standard InChI is InChI=1S/C20H23NO4/c1-3-8-17(20(23)24)21-19(22)15-10-7-9-14(13-15)16-11-5-6-12-18(16)25-4-2/h5-7,9-13,17H,3-4,8H2,1-2H3,(H,21,22)(H,23,24). The summed E-state index contributed by atoms with van der Waals surface area (Å²) in [5, 5.41) is 11.8. The molecule has 0 fully saturated rings. The van der Waals surface area contributed by atoms with Crippen molar-refractivity contribution in [3.8, 4) is 16.9 Å². The number of ether oxygens (including phenoxy) is 1. The highest BCUT2D eigenvalue weighted by molar-refractivity contribution is 5.97. The van der Waals surface area contributed by atoms with Crippen LogP contribution in [-0.4, -0.2) is 29.6 Å². The molecule has 0 saturated carbocycles. The summed E-state index contributed by atoms with van der Waals surface area (Å²) in [6.07, 6.45) is 1.08. The summed E-state index contributed by atoms with van der Waals surface area (Å²) in [5.74, 6) is -0.665. The van der Waals surface area contributed by atoms with Crippen molar-refractivity contribution in [1.82, 2.24) is 5.32 Å². The van der Waals surface area contributed by atoms with E-state index in [4.69, 9.17) is 4.74 Å². The van der Waals surface area contributed by atoms with Gasteiger partial charge in [0.1, 0.15) is 11.8 Å². The SMILES string of the molecule is CCCC(NC(=O)c1cccc(-c2ccccc2OCC)c1)C(=O)O. The molecule has 0 saturated heterocycles. The summed E-state index contributed by atoms with van der Waals surface area (Å²) >= 11 is 0. The topological polar surface area (TPSA) is 75.6 Å². The maximum absolute atomic E-state index is 12.4. The van der Waals surface area contributed by atoms with Crippen molar-refractivity contribution in [2.75, 3.05) is 6.61 Å². The molecular weight excluding hydrogens is 318 g/mol. The van der Waals surface area contributed by atoms with E-state index in [0.29, 0.717) is 25.0 Å². The lowest BCUT2D eigenvalue weighted by Gasteiger charge is -2.14. The number of carboxylic acid groups (broad SMARTS) is 1. The zero-order valence-electron chi connectivity index (χ0n) is 14.5. The Hall–Kier alpha value is -2.82. The van der Waals surface area contributed by atoms with Crippen LogP contribution >= 0.6 is 0 Å². The minimum Gasteiger partial charge on any atom is -0.493 e. The van der Waals surface area contributed by atoms with Gasteiger partial charge in [-0.05, 0) is 37.1 Å². The predicted octanol–water partition coefficient (Wildman–Crippen LogP) is 3.74. The molecular formula is C20H23NO4. The number of carbonyl (C=O) groups is 2. The molecule has 5 nitrogen and oxygen atoms in total. The van der Waals surface area contributed by atoms with Gasteiger partial charge in [-0.3, -0.25) is 4.79 Å². The average Bonchev–Trinajstić information content (AvgIpc) is 2.62. The van der Waals surface area contributed by atoms with Crippen molar-refractivity contribution in [3.05, 3.63) is 54.1 Å². The summed E-state index contributed by atoms with van der Waals surface area (Å²) in [4.78, 5) is 23.7. The average molecular weight is 341 g/mol. The molecule has 1 amide bonds. The number of amides is 1. The molecule has 0 radical (unpaired) electrons. The van der Waals surface area contributed by atoms with Crippen LogP contribution in [0.5, 0.6) is 5.75 Å². The first kappa shape index (κ1) is 18.5. The second-order valence-corrected chi connectivity index (χ2v) is 5.66. The highest BCUT2D eigenvalue weighted by Gasteiger charge is 2.20. The summed E-state index contributed by atoms with van der Waals surface area (Å²) < 4.78 is 5.64. The number of para-hydroxylation sites is 1. The number of aliphatic carboxylic acids is 1. The summed E-state index contributed by atoms with van der Waals surface area (Å²) in [5.41, 5.74) is 2.16. The van der Waals surface area contributed by atoms with Crippen molar-refractivity contribution in [2.45, 2.75) is 32.7 Å². The first-order valence-corrected chi connectivity index (χ1v) is 8.42. The fourth-order valence-electron chi connectivity index (χ4n) is 2.60. The Balaban J connectivity index is 2.27. The molecule has 2 rings (SSSR count). The Labute approximate surface area is 147 Å². The first-order chi connectivity index (χ1) is 12.1. The molecule has 5 heteroatoms. The molecule has 0 aliphatic carbocycles. The molecule has 2 aromatic rings. The summed E-state index contributed by atoms with van der Waals surface area (Å²) in [7, 11) is 0. The number of hydrogen-bond donors (Lipinski definition) is 2. The Kier molecular flexibility index (Phi) is 6.57.